The Morgan fingerprint density at radius 1 is 0.944 bits per heavy atom. The van der Waals surface area contributed by atoms with Gasteiger partial charge >= 0.3 is 5.97 Å². The lowest BCUT2D eigenvalue weighted by molar-refractivity contribution is 0.0697. The molecule has 0 aliphatic rings. The van der Waals surface area contributed by atoms with Crippen LogP contribution < -0.4 is 0 Å². The minimum absolute atomic E-state index is 0.222. The van der Waals surface area contributed by atoms with Crippen LogP contribution >= 0.6 is 0 Å². The van der Waals surface area contributed by atoms with Gasteiger partial charge in [0.25, 0.3) is 0 Å². The van der Waals surface area contributed by atoms with E-state index in [1.807, 2.05) is 18.2 Å². The minimum atomic E-state index is -0.935. The van der Waals surface area contributed by atoms with Crippen molar-refractivity contribution in [2.75, 3.05) is 0 Å². The SMILES string of the molecule is O=C(O)c1cccc(/C=C/c2ccc(O)cc2)c1. The zero-order valence-corrected chi connectivity index (χ0v) is 9.58. The van der Waals surface area contributed by atoms with Crippen molar-refractivity contribution in [2.45, 2.75) is 0 Å². The van der Waals surface area contributed by atoms with E-state index in [0.29, 0.717) is 0 Å². The van der Waals surface area contributed by atoms with Crippen molar-refractivity contribution in [1.29, 1.82) is 0 Å². The van der Waals surface area contributed by atoms with Gasteiger partial charge in [0.15, 0.2) is 0 Å². The molecule has 0 heterocycles. The average molecular weight is 240 g/mol. The molecule has 3 nitrogen and oxygen atoms in total. The molecular formula is C15H12O3. The van der Waals surface area contributed by atoms with Gasteiger partial charge in [-0.2, -0.15) is 0 Å². The van der Waals surface area contributed by atoms with E-state index in [4.69, 9.17) is 10.2 Å². The van der Waals surface area contributed by atoms with E-state index in [0.717, 1.165) is 11.1 Å². The van der Waals surface area contributed by atoms with Gasteiger partial charge in [-0.25, -0.2) is 4.79 Å². The Morgan fingerprint density at radius 2 is 1.61 bits per heavy atom. The van der Waals surface area contributed by atoms with Gasteiger partial charge in [0.2, 0.25) is 0 Å². The Balaban J connectivity index is 2.20. The highest BCUT2D eigenvalue weighted by molar-refractivity contribution is 5.88. The fourth-order valence-electron chi connectivity index (χ4n) is 1.55. The van der Waals surface area contributed by atoms with E-state index in [2.05, 4.69) is 0 Å². The van der Waals surface area contributed by atoms with Gasteiger partial charge in [-0.1, -0.05) is 36.4 Å². The van der Waals surface area contributed by atoms with Gasteiger partial charge < -0.3 is 10.2 Å². The Bertz CT molecular complexity index is 583. The number of benzene rings is 2. The van der Waals surface area contributed by atoms with E-state index >= 15 is 0 Å². The van der Waals surface area contributed by atoms with Crippen molar-refractivity contribution < 1.29 is 15.0 Å². The molecule has 0 atom stereocenters. The molecule has 0 spiro atoms. The lowest BCUT2D eigenvalue weighted by atomic mass is 10.1. The van der Waals surface area contributed by atoms with E-state index in [9.17, 15) is 4.79 Å². The predicted octanol–water partition coefficient (Wildman–Crippen LogP) is 3.26. The maximum absolute atomic E-state index is 10.8. The molecule has 0 amide bonds. The Kier molecular flexibility index (Phi) is 3.44. The summed E-state index contributed by atoms with van der Waals surface area (Å²) in [6.45, 7) is 0. The largest absolute Gasteiger partial charge is 0.508 e. The topological polar surface area (TPSA) is 57.5 Å². The second kappa shape index (κ2) is 5.19. The summed E-state index contributed by atoms with van der Waals surface area (Å²) in [4.78, 5) is 10.8. The fraction of sp³-hybridized carbons (Fsp3) is 0. The predicted molar refractivity (Wildman–Crippen MR) is 70.4 cm³/mol. The lowest BCUT2D eigenvalue weighted by Gasteiger charge is -1.97. The molecule has 0 aliphatic carbocycles. The van der Waals surface area contributed by atoms with Crippen LogP contribution in [0.4, 0.5) is 0 Å². The highest BCUT2D eigenvalue weighted by atomic mass is 16.4. The van der Waals surface area contributed by atoms with Gasteiger partial charge in [0.05, 0.1) is 5.56 Å². The summed E-state index contributed by atoms with van der Waals surface area (Å²) >= 11 is 0. The zero-order valence-electron chi connectivity index (χ0n) is 9.58. The first-order chi connectivity index (χ1) is 8.65. The number of aromatic hydroxyl groups is 1. The first kappa shape index (κ1) is 11.9. The van der Waals surface area contributed by atoms with Crippen LogP contribution in [0.5, 0.6) is 5.75 Å². The average Bonchev–Trinajstić information content (AvgIpc) is 2.38. The molecule has 0 saturated carbocycles. The Labute approximate surface area is 105 Å². The van der Waals surface area contributed by atoms with Crippen molar-refractivity contribution >= 4 is 18.1 Å². The second-order valence-electron chi connectivity index (χ2n) is 3.86. The third-order valence-electron chi connectivity index (χ3n) is 2.49. The highest BCUT2D eigenvalue weighted by Gasteiger charge is 2.00. The molecule has 0 saturated heterocycles. The molecule has 0 aromatic heterocycles. The van der Waals surface area contributed by atoms with E-state index in [-0.39, 0.29) is 11.3 Å². The van der Waals surface area contributed by atoms with E-state index in [1.165, 1.54) is 0 Å². The third-order valence-corrected chi connectivity index (χ3v) is 2.49. The van der Waals surface area contributed by atoms with Gasteiger partial charge in [-0.05, 0) is 35.4 Å². The summed E-state index contributed by atoms with van der Waals surface area (Å²) in [5.74, 6) is -0.713. The maximum atomic E-state index is 10.8. The van der Waals surface area contributed by atoms with Crippen molar-refractivity contribution in [3.8, 4) is 5.75 Å². The fourth-order valence-corrected chi connectivity index (χ4v) is 1.55. The molecule has 0 aliphatic heterocycles. The number of phenolic OH excluding ortho intramolecular Hbond substituents is 1. The molecule has 18 heavy (non-hydrogen) atoms. The minimum Gasteiger partial charge on any atom is -0.508 e. The summed E-state index contributed by atoms with van der Waals surface area (Å²) in [5.41, 5.74) is 2.03. The van der Waals surface area contributed by atoms with Crippen LogP contribution in [0.2, 0.25) is 0 Å². The standard InChI is InChI=1S/C15H12O3/c16-14-8-6-11(7-9-14)4-5-12-2-1-3-13(10-12)15(17)18/h1-10,16H,(H,17,18)/b5-4+. The highest BCUT2D eigenvalue weighted by Crippen LogP contribution is 2.13. The zero-order chi connectivity index (χ0) is 13.0. The number of carbonyl (C=O) groups is 1. The van der Waals surface area contributed by atoms with Gasteiger partial charge in [0.1, 0.15) is 5.75 Å². The van der Waals surface area contributed by atoms with Crippen molar-refractivity contribution in [2.24, 2.45) is 0 Å². The first-order valence-electron chi connectivity index (χ1n) is 5.45. The van der Waals surface area contributed by atoms with Crippen LogP contribution in [0.25, 0.3) is 12.2 Å². The first-order valence-corrected chi connectivity index (χ1v) is 5.45. The number of aromatic carboxylic acids is 1. The van der Waals surface area contributed by atoms with E-state index < -0.39 is 5.97 Å². The molecule has 0 radical (unpaired) electrons. The van der Waals surface area contributed by atoms with Crippen LogP contribution in [0, 0.1) is 0 Å². The Morgan fingerprint density at radius 3 is 2.28 bits per heavy atom. The normalized spacial score (nSPS) is 10.7. The van der Waals surface area contributed by atoms with Gasteiger partial charge in [0, 0.05) is 0 Å². The summed E-state index contributed by atoms with van der Waals surface area (Å²) in [5, 5.41) is 18.0. The summed E-state index contributed by atoms with van der Waals surface area (Å²) in [7, 11) is 0. The number of phenols is 1. The molecule has 2 rings (SSSR count). The van der Waals surface area contributed by atoms with E-state index in [1.54, 1.807) is 42.5 Å². The van der Waals surface area contributed by atoms with Crippen molar-refractivity contribution in [1.82, 2.24) is 0 Å². The quantitative estimate of drug-likeness (QED) is 0.809. The third kappa shape index (κ3) is 2.98. The molecular weight excluding hydrogens is 228 g/mol. The summed E-state index contributed by atoms with van der Waals surface area (Å²) in [6.07, 6.45) is 3.69. The molecule has 2 aromatic rings. The molecule has 90 valence electrons. The van der Waals surface area contributed by atoms with Crippen LogP contribution in [0.15, 0.2) is 48.5 Å². The number of carboxylic acids is 1. The van der Waals surface area contributed by atoms with Crippen molar-refractivity contribution in [3.05, 3.63) is 65.2 Å². The molecule has 2 aromatic carbocycles. The monoisotopic (exact) mass is 240 g/mol. The van der Waals surface area contributed by atoms with Crippen LogP contribution in [0.3, 0.4) is 0 Å². The lowest BCUT2D eigenvalue weighted by Crippen LogP contribution is -1.95. The van der Waals surface area contributed by atoms with Gasteiger partial charge in [-0.3, -0.25) is 0 Å². The van der Waals surface area contributed by atoms with Crippen molar-refractivity contribution in [3.63, 3.8) is 0 Å². The summed E-state index contributed by atoms with van der Waals surface area (Å²) < 4.78 is 0. The number of carboxylic acid groups (broad SMARTS) is 1. The molecule has 2 N–H and O–H groups in total. The second-order valence-corrected chi connectivity index (χ2v) is 3.86. The van der Waals surface area contributed by atoms with Crippen LogP contribution in [-0.4, -0.2) is 16.2 Å². The maximum Gasteiger partial charge on any atom is 0.335 e. The molecule has 0 bridgehead atoms. The molecule has 3 heteroatoms. The smallest absolute Gasteiger partial charge is 0.335 e. The molecule has 0 unspecified atom stereocenters. The summed E-state index contributed by atoms with van der Waals surface area (Å²) in [6, 6.07) is 13.5. The number of rotatable bonds is 3. The number of hydrogen-bond acceptors (Lipinski definition) is 2. The van der Waals surface area contributed by atoms with Crippen LogP contribution in [0.1, 0.15) is 21.5 Å². The number of hydrogen-bond donors (Lipinski definition) is 2. The van der Waals surface area contributed by atoms with Gasteiger partial charge in [-0.15, -0.1) is 0 Å². The Hall–Kier alpha value is -2.55. The van der Waals surface area contributed by atoms with Crippen LogP contribution in [-0.2, 0) is 0 Å². The molecule has 0 fully saturated rings.